The minimum atomic E-state index is 0.815. The molecule has 1 aromatic carbocycles. The second-order valence-electron chi connectivity index (χ2n) is 4.24. The molecule has 0 aliphatic heterocycles. The summed E-state index contributed by atoms with van der Waals surface area (Å²) >= 11 is 6.10. The third-order valence-corrected chi connectivity index (χ3v) is 3.15. The van der Waals surface area contributed by atoms with E-state index in [-0.39, 0.29) is 0 Å². The highest BCUT2D eigenvalue weighted by Gasteiger charge is 2.09. The molecule has 0 atom stereocenters. The Bertz CT molecular complexity index is 339. The van der Waals surface area contributed by atoms with Gasteiger partial charge >= 0.3 is 0 Å². The van der Waals surface area contributed by atoms with Crippen molar-refractivity contribution >= 4 is 17.3 Å². The molecule has 0 aliphatic rings. The molecule has 0 saturated carbocycles. The minimum absolute atomic E-state index is 0.815. The van der Waals surface area contributed by atoms with E-state index in [9.17, 15) is 0 Å². The van der Waals surface area contributed by atoms with Gasteiger partial charge in [-0.3, -0.25) is 0 Å². The predicted molar refractivity (Wildman–Crippen MR) is 77.0 cm³/mol. The number of rotatable bonds is 7. The smallest absolute Gasteiger partial charge is 0.0426 e. The lowest BCUT2D eigenvalue weighted by Crippen LogP contribution is -2.25. The maximum absolute atomic E-state index is 6.10. The average molecular weight is 255 g/mol. The Labute approximate surface area is 110 Å². The molecular formula is C14H23ClN2. The van der Waals surface area contributed by atoms with Crippen LogP contribution in [0.4, 0.5) is 5.69 Å². The largest absolute Gasteiger partial charge is 0.372 e. The Morgan fingerprint density at radius 2 is 2.06 bits per heavy atom. The van der Waals surface area contributed by atoms with Gasteiger partial charge in [0.2, 0.25) is 0 Å². The standard InChI is InChI=1S/C14H23ClN2/c1-4-6-9-17(5-2)14-10-13(15)8-7-12(14)11-16-3/h7-8,10,16H,4-6,9,11H2,1-3H3. The third kappa shape index (κ3) is 4.21. The number of hydrogen-bond donors (Lipinski definition) is 1. The van der Waals surface area contributed by atoms with Crippen molar-refractivity contribution in [2.75, 3.05) is 25.0 Å². The van der Waals surface area contributed by atoms with Gasteiger partial charge in [0, 0.05) is 30.3 Å². The van der Waals surface area contributed by atoms with Crippen molar-refractivity contribution in [3.8, 4) is 0 Å². The summed E-state index contributed by atoms with van der Waals surface area (Å²) < 4.78 is 0. The number of anilines is 1. The molecule has 2 nitrogen and oxygen atoms in total. The summed E-state index contributed by atoms with van der Waals surface area (Å²) in [5, 5.41) is 4.02. The van der Waals surface area contributed by atoms with Gasteiger partial charge in [-0.1, -0.05) is 31.0 Å². The van der Waals surface area contributed by atoms with Crippen molar-refractivity contribution in [2.24, 2.45) is 0 Å². The summed E-state index contributed by atoms with van der Waals surface area (Å²) in [5.41, 5.74) is 2.58. The van der Waals surface area contributed by atoms with Crippen molar-refractivity contribution < 1.29 is 0 Å². The third-order valence-electron chi connectivity index (χ3n) is 2.92. The Morgan fingerprint density at radius 3 is 2.65 bits per heavy atom. The molecule has 0 amide bonds. The first-order valence-corrected chi connectivity index (χ1v) is 6.78. The van der Waals surface area contributed by atoms with Gasteiger partial charge in [0.15, 0.2) is 0 Å². The van der Waals surface area contributed by atoms with E-state index < -0.39 is 0 Å². The molecule has 0 heterocycles. The topological polar surface area (TPSA) is 15.3 Å². The van der Waals surface area contributed by atoms with Crippen LogP contribution in [-0.4, -0.2) is 20.1 Å². The summed E-state index contributed by atoms with van der Waals surface area (Å²) in [6.45, 7) is 7.43. The second-order valence-corrected chi connectivity index (χ2v) is 4.67. The fraction of sp³-hybridized carbons (Fsp3) is 0.571. The number of benzene rings is 1. The van der Waals surface area contributed by atoms with Crippen molar-refractivity contribution in [1.82, 2.24) is 5.32 Å². The van der Waals surface area contributed by atoms with Crippen LogP contribution in [0.3, 0.4) is 0 Å². The molecule has 3 heteroatoms. The maximum Gasteiger partial charge on any atom is 0.0426 e. The van der Waals surface area contributed by atoms with Gasteiger partial charge in [0.25, 0.3) is 0 Å². The molecule has 17 heavy (non-hydrogen) atoms. The Balaban J connectivity index is 2.93. The van der Waals surface area contributed by atoms with Gasteiger partial charge in [0.05, 0.1) is 0 Å². The first-order chi connectivity index (χ1) is 8.22. The number of nitrogens with zero attached hydrogens (tertiary/aromatic N) is 1. The summed E-state index contributed by atoms with van der Waals surface area (Å²) in [7, 11) is 1.97. The molecule has 96 valence electrons. The maximum atomic E-state index is 6.10. The lowest BCUT2D eigenvalue weighted by Gasteiger charge is -2.26. The van der Waals surface area contributed by atoms with Gasteiger partial charge in [-0.15, -0.1) is 0 Å². The Kier molecular flexibility index (Phi) is 6.38. The van der Waals surface area contributed by atoms with Crippen LogP contribution in [0.5, 0.6) is 0 Å². The SMILES string of the molecule is CCCCN(CC)c1cc(Cl)ccc1CNC. The average Bonchev–Trinajstić information content (AvgIpc) is 2.33. The molecule has 0 spiro atoms. The Morgan fingerprint density at radius 1 is 1.29 bits per heavy atom. The highest BCUT2D eigenvalue weighted by Crippen LogP contribution is 2.25. The summed E-state index contributed by atoms with van der Waals surface area (Å²) in [6.07, 6.45) is 2.44. The van der Waals surface area contributed by atoms with Gasteiger partial charge in [0.1, 0.15) is 0 Å². The van der Waals surface area contributed by atoms with Crippen molar-refractivity contribution in [3.63, 3.8) is 0 Å². The van der Waals surface area contributed by atoms with E-state index in [4.69, 9.17) is 11.6 Å². The zero-order chi connectivity index (χ0) is 12.7. The van der Waals surface area contributed by atoms with Crippen molar-refractivity contribution in [2.45, 2.75) is 33.2 Å². The van der Waals surface area contributed by atoms with Gasteiger partial charge in [-0.2, -0.15) is 0 Å². The molecular weight excluding hydrogens is 232 g/mol. The van der Waals surface area contributed by atoms with E-state index in [1.54, 1.807) is 0 Å². The summed E-state index contributed by atoms with van der Waals surface area (Å²) in [6, 6.07) is 6.15. The minimum Gasteiger partial charge on any atom is -0.372 e. The fourth-order valence-corrected chi connectivity index (χ4v) is 2.14. The molecule has 0 radical (unpaired) electrons. The summed E-state index contributed by atoms with van der Waals surface area (Å²) in [5.74, 6) is 0. The monoisotopic (exact) mass is 254 g/mol. The van der Waals surface area contributed by atoms with E-state index in [0.29, 0.717) is 0 Å². The quantitative estimate of drug-likeness (QED) is 0.799. The molecule has 0 bridgehead atoms. The molecule has 0 aliphatic carbocycles. The van der Waals surface area contributed by atoms with E-state index >= 15 is 0 Å². The second kappa shape index (κ2) is 7.57. The summed E-state index contributed by atoms with van der Waals surface area (Å²) in [4.78, 5) is 2.40. The van der Waals surface area contributed by atoms with Crippen molar-refractivity contribution in [1.29, 1.82) is 0 Å². The molecule has 1 N–H and O–H groups in total. The zero-order valence-electron chi connectivity index (χ0n) is 11.1. The first kappa shape index (κ1) is 14.3. The van der Waals surface area contributed by atoms with Gasteiger partial charge in [-0.25, -0.2) is 0 Å². The Hall–Kier alpha value is -0.730. The predicted octanol–water partition coefficient (Wildman–Crippen LogP) is 3.69. The number of unbranched alkanes of at least 4 members (excludes halogenated alkanes) is 1. The molecule has 0 saturated heterocycles. The van der Waals surface area contributed by atoms with E-state index in [2.05, 4.69) is 36.2 Å². The van der Waals surface area contributed by atoms with Crippen LogP contribution in [0, 0.1) is 0 Å². The van der Waals surface area contributed by atoms with Crippen LogP contribution < -0.4 is 10.2 Å². The van der Waals surface area contributed by atoms with Crippen molar-refractivity contribution in [3.05, 3.63) is 28.8 Å². The highest BCUT2D eigenvalue weighted by molar-refractivity contribution is 6.30. The first-order valence-electron chi connectivity index (χ1n) is 6.40. The number of halogens is 1. The highest BCUT2D eigenvalue weighted by atomic mass is 35.5. The molecule has 0 aromatic heterocycles. The lowest BCUT2D eigenvalue weighted by atomic mass is 10.1. The van der Waals surface area contributed by atoms with E-state index in [0.717, 1.165) is 24.7 Å². The van der Waals surface area contributed by atoms with E-state index in [1.807, 2.05) is 13.1 Å². The van der Waals surface area contributed by atoms with Gasteiger partial charge < -0.3 is 10.2 Å². The molecule has 1 aromatic rings. The molecule has 0 unspecified atom stereocenters. The zero-order valence-corrected chi connectivity index (χ0v) is 11.8. The van der Waals surface area contributed by atoms with E-state index in [1.165, 1.54) is 24.1 Å². The molecule has 0 fully saturated rings. The van der Waals surface area contributed by atoms with Crippen LogP contribution in [-0.2, 0) is 6.54 Å². The van der Waals surface area contributed by atoms with Crippen LogP contribution in [0.2, 0.25) is 5.02 Å². The van der Waals surface area contributed by atoms with Crippen LogP contribution in [0.1, 0.15) is 32.3 Å². The van der Waals surface area contributed by atoms with Crippen LogP contribution in [0.25, 0.3) is 0 Å². The fourth-order valence-electron chi connectivity index (χ4n) is 1.97. The number of nitrogens with one attached hydrogen (secondary N) is 1. The number of hydrogen-bond acceptors (Lipinski definition) is 2. The van der Waals surface area contributed by atoms with Gasteiger partial charge in [-0.05, 0) is 38.1 Å². The van der Waals surface area contributed by atoms with Crippen LogP contribution >= 0.6 is 11.6 Å². The lowest BCUT2D eigenvalue weighted by molar-refractivity contribution is 0.723. The van der Waals surface area contributed by atoms with Crippen LogP contribution in [0.15, 0.2) is 18.2 Å². The normalized spacial score (nSPS) is 10.6. The molecule has 1 rings (SSSR count).